The van der Waals surface area contributed by atoms with Crippen molar-refractivity contribution in [2.24, 2.45) is 0 Å². The van der Waals surface area contributed by atoms with Crippen LogP contribution in [0.4, 0.5) is 26.3 Å². The van der Waals surface area contributed by atoms with Crippen molar-refractivity contribution in [3.8, 4) is 0 Å². The van der Waals surface area contributed by atoms with E-state index in [1.165, 1.54) is 0 Å². The van der Waals surface area contributed by atoms with E-state index in [-0.39, 0.29) is 0 Å². The van der Waals surface area contributed by atoms with Gasteiger partial charge in [0, 0.05) is 5.56 Å². The summed E-state index contributed by atoms with van der Waals surface area (Å²) in [5.74, 6) is -3.03. The Morgan fingerprint density at radius 1 is 1.42 bits per heavy atom. The van der Waals surface area contributed by atoms with Crippen molar-refractivity contribution in [3.05, 3.63) is 28.8 Å². The lowest BCUT2D eigenvalue weighted by atomic mass is 10.1. The van der Waals surface area contributed by atoms with Crippen molar-refractivity contribution in [2.75, 3.05) is 7.11 Å². The van der Waals surface area contributed by atoms with Crippen LogP contribution in [0.3, 0.4) is 0 Å². The molecular weight excluding hydrogens is 280 g/mol. The molecule has 0 radical (unpaired) electrons. The minimum absolute atomic E-state index is 0.341. The molecule has 3 nitrogen and oxygen atoms in total. The molecule has 0 spiro atoms. The van der Waals surface area contributed by atoms with E-state index in [4.69, 9.17) is 0 Å². The summed E-state index contributed by atoms with van der Waals surface area (Å²) >= 11 is 0. The van der Waals surface area contributed by atoms with Gasteiger partial charge in [-0.05, 0) is 6.07 Å². The van der Waals surface area contributed by atoms with Crippen molar-refractivity contribution in [3.63, 3.8) is 0 Å². The maximum Gasteiger partial charge on any atom is 0.421 e. The van der Waals surface area contributed by atoms with Gasteiger partial charge < -0.3 is 4.74 Å². The van der Waals surface area contributed by atoms with Gasteiger partial charge in [0.1, 0.15) is 5.56 Å². The van der Waals surface area contributed by atoms with Crippen molar-refractivity contribution in [2.45, 2.75) is 19.0 Å². The Balaban J connectivity index is 3.34. The molecule has 1 heterocycles. The summed E-state index contributed by atoms with van der Waals surface area (Å²) in [6, 6.07) is 0.341. The highest BCUT2D eigenvalue weighted by Gasteiger charge is 2.40. The minimum Gasteiger partial charge on any atom is -0.469 e. The van der Waals surface area contributed by atoms with Gasteiger partial charge in [0.15, 0.2) is 0 Å². The number of nitrogens with zero attached hydrogens (tertiary/aromatic N) is 1. The second-order valence-corrected chi connectivity index (χ2v) is 3.42. The summed E-state index contributed by atoms with van der Waals surface area (Å²) in [5.41, 5.74) is -4.25. The van der Waals surface area contributed by atoms with Crippen LogP contribution in [-0.2, 0) is 22.1 Å². The van der Waals surface area contributed by atoms with Gasteiger partial charge in [-0.1, -0.05) is 0 Å². The first-order valence-electron chi connectivity index (χ1n) is 4.78. The van der Waals surface area contributed by atoms with E-state index in [9.17, 15) is 31.1 Å². The summed E-state index contributed by atoms with van der Waals surface area (Å²) in [6.07, 6.45) is -9.55. The van der Waals surface area contributed by atoms with Gasteiger partial charge in [0.05, 0.1) is 19.2 Å². The molecule has 0 aliphatic carbocycles. The number of alkyl halides is 5. The van der Waals surface area contributed by atoms with Gasteiger partial charge >= 0.3 is 12.1 Å². The fraction of sp³-hybridized carbons (Fsp3) is 0.400. The van der Waals surface area contributed by atoms with Crippen LogP contribution >= 0.6 is 0 Å². The highest BCUT2D eigenvalue weighted by atomic mass is 19.4. The first-order chi connectivity index (χ1) is 8.66. The molecule has 9 heteroatoms. The number of carbonyl (C=O) groups is 1. The molecule has 0 saturated heterocycles. The van der Waals surface area contributed by atoms with Crippen LogP contribution in [0.2, 0.25) is 0 Å². The Morgan fingerprint density at radius 2 is 2.00 bits per heavy atom. The maximum absolute atomic E-state index is 13.2. The minimum atomic E-state index is -5.30. The molecule has 19 heavy (non-hydrogen) atoms. The number of ether oxygens (including phenoxy) is 1. The van der Waals surface area contributed by atoms with Crippen LogP contribution in [0.25, 0.3) is 0 Å². The Labute approximate surface area is 103 Å². The second kappa shape index (κ2) is 5.45. The predicted molar refractivity (Wildman–Crippen MR) is 49.9 cm³/mol. The Hall–Kier alpha value is -1.80. The average Bonchev–Trinajstić information content (AvgIpc) is 2.25. The number of carbonyl (C=O) groups excluding carboxylic acids is 1. The fourth-order valence-electron chi connectivity index (χ4n) is 1.35. The highest BCUT2D eigenvalue weighted by Crippen LogP contribution is 2.37. The van der Waals surface area contributed by atoms with E-state index in [1.807, 2.05) is 0 Å². The zero-order valence-corrected chi connectivity index (χ0v) is 9.39. The largest absolute Gasteiger partial charge is 0.469 e. The van der Waals surface area contributed by atoms with Gasteiger partial charge in [0.25, 0.3) is 6.43 Å². The molecule has 0 aromatic carbocycles. The zero-order valence-electron chi connectivity index (χ0n) is 9.39. The number of aromatic nitrogens is 1. The number of esters is 1. The number of hydrogen-bond donors (Lipinski definition) is 0. The summed E-state index contributed by atoms with van der Waals surface area (Å²) < 4.78 is 79.7. The van der Waals surface area contributed by atoms with Crippen LogP contribution in [0, 0.1) is 5.95 Å². The fourth-order valence-corrected chi connectivity index (χ4v) is 1.35. The Kier molecular flexibility index (Phi) is 4.38. The molecule has 0 atom stereocenters. The van der Waals surface area contributed by atoms with Gasteiger partial charge in [-0.3, -0.25) is 4.79 Å². The monoisotopic (exact) mass is 287 g/mol. The van der Waals surface area contributed by atoms with Gasteiger partial charge in [0.2, 0.25) is 5.95 Å². The van der Waals surface area contributed by atoms with Gasteiger partial charge in [-0.2, -0.15) is 17.6 Å². The molecule has 0 unspecified atom stereocenters. The van der Waals surface area contributed by atoms with E-state index in [1.54, 1.807) is 0 Å². The summed E-state index contributed by atoms with van der Waals surface area (Å²) in [7, 11) is 0.983. The lowest BCUT2D eigenvalue weighted by Gasteiger charge is -2.14. The topological polar surface area (TPSA) is 39.2 Å². The molecule has 0 fully saturated rings. The number of methoxy groups -OCH3 is 1. The standard InChI is InChI=1S/C10H7F6NO2/c1-19-6(18)3-4-2-5(8(11)12)7(9(13)17-4)10(14,15)16/h2,8H,3H2,1H3. The van der Waals surface area contributed by atoms with E-state index < -0.39 is 47.8 Å². The van der Waals surface area contributed by atoms with Crippen molar-refractivity contribution in [1.29, 1.82) is 0 Å². The lowest BCUT2D eigenvalue weighted by Crippen LogP contribution is -2.16. The average molecular weight is 287 g/mol. The van der Waals surface area contributed by atoms with E-state index in [2.05, 4.69) is 9.72 Å². The molecule has 1 aromatic heterocycles. The third kappa shape index (κ3) is 3.58. The Bertz CT molecular complexity index is 486. The summed E-state index contributed by atoms with van der Waals surface area (Å²) in [5, 5.41) is 0. The number of hydrogen-bond acceptors (Lipinski definition) is 3. The quantitative estimate of drug-likeness (QED) is 0.487. The molecule has 0 saturated carbocycles. The van der Waals surface area contributed by atoms with Gasteiger partial charge in [-0.15, -0.1) is 0 Å². The van der Waals surface area contributed by atoms with Crippen LogP contribution in [0.1, 0.15) is 23.2 Å². The molecule has 1 aromatic rings. The molecule has 0 aliphatic rings. The predicted octanol–water partition coefficient (Wildman–Crippen LogP) is 2.89. The molecule has 106 valence electrons. The van der Waals surface area contributed by atoms with Gasteiger partial charge in [-0.25, -0.2) is 13.8 Å². The smallest absolute Gasteiger partial charge is 0.421 e. The third-order valence-corrected chi connectivity index (χ3v) is 2.13. The molecule has 0 bridgehead atoms. The highest BCUT2D eigenvalue weighted by molar-refractivity contribution is 5.71. The lowest BCUT2D eigenvalue weighted by molar-refractivity contribution is -0.142. The van der Waals surface area contributed by atoms with Crippen LogP contribution < -0.4 is 0 Å². The molecule has 0 amide bonds. The normalized spacial score (nSPS) is 11.8. The number of pyridine rings is 1. The second-order valence-electron chi connectivity index (χ2n) is 3.42. The third-order valence-electron chi connectivity index (χ3n) is 2.13. The van der Waals surface area contributed by atoms with Crippen LogP contribution in [-0.4, -0.2) is 18.1 Å². The van der Waals surface area contributed by atoms with Crippen LogP contribution in [0.15, 0.2) is 6.07 Å². The Morgan fingerprint density at radius 3 is 2.42 bits per heavy atom. The van der Waals surface area contributed by atoms with Crippen molar-refractivity contribution >= 4 is 5.97 Å². The van der Waals surface area contributed by atoms with E-state index in [0.29, 0.717) is 6.07 Å². The van der Waals surface area contributed by atoms with Crippen molar-refractivity contribution < 1.29 is 35.9 Å². The first kappa shape index (κ1) is 15.3. The van der Waals surface area contributed by atoms with Crippen molar-refractivity contribution in [1.82, 2.24) is 4.98 Å². The number of rotatable bonds is 3. The van der Waals surface area contributed by atoms with E-state index >= 15 is 0 Å². The molecule has 0 aliphatic heterocycles. The van der Waals surface area contributed by atoms with E-state index in [0.717, 1.165) is 7.11 Å². The maximum atomic E-state index is 13.2. The molecule has 0 N–H and O–H groups in total. The number of halogens is 6. The molecule has 1 rings (SSSR count). The summed E-state index contributed by atoms with van der Waals surface area (Å²) in [4.78, 5) is 13.7. The summed E-state index contributed by atoms with van der Waals surface area (Å²) in [6.45, 7) is 0. The molecular formula is C10H7F6NO2. The zero-order chi connectivity index (χ0) is 14.8. The van der Waals surface area contributed by atoms with Crippen LogP contribution in [0.5, 0.6) is 0 Å². The SMILES string of the molecule is COC(=O)Cc1cc(C(F)F)c(C(F)(F)F)c(F)n1. The first-order valence-corrected chi connectivity index (χ1v) is 4.78.